The zero-order chi connectivity index (χ0) is 21.0. The van der Waals surface area contributed by atoms with E-state index >= 15 is 0 Å². The van der Waals surface area contributed by atoms with Gasteiger partial charge >= 0.3 is 0 Å². The minimum Gasteiger partial charge on any atom is -0.493 e. The van der Waals surface area contributed by atoms with E-state index in [9.17, 15) is 4.79 Å². The highest BCUT2D eigenvalue weighted by Gasteiger charge is 2.25. The van der Waals surface area contributed by atoms with Crippen LogP contribution in [0, 0.1) is 12.8 Å². The van der Waals surface area contributed by atoms with E-state index in [2.05, 4.69) is 29.1 Å². The van der Waals surface area contributed by atoms with Crippen LogP contribution < -0.4 is 14.8 Å². The van der Waals surface area contributed by atoms with Crippen molar-refractivity contribution in [3.63, 3.8) is 0 Å². The van der Waals surface area contributed by atoms with Crippen molar-refractivity contribution in [2.45, 2.75) is 40.2 Å². The van der Waals surface area contributed by atoms with Crippen LogP contribution in [0.4, 0.5) is 5.95 Å². The Morgan fingerprint density at radius 2 is 1.83 bits per heavy atom. The van der Waals surface area contributed by atoms with Gasteiger partial charge in [0.15, 0.2) is 11.5 Å². The summed E-state index contributed by atoms with van der Waals surface area (Å²) in [5.74, 6) is 2.42. The molecule has 156 valence electrons. The Morgan fingerprint density at radius 1 is 1.14 bits per heavy atom. The summed E-state index contributed by atoms with van der Waals surface area (Å²) in [6.45, 7) is 8.18. The van der Waals surface area contributed by atoms with Crippen LogP contribution >= 0.6 is 0 Å². The van der Waals surface area contributed by atoms with Crippen molar-refractivity contribution in [1.29, 1.82) is 0 Å². The number of nitrogens with zero attached hydrogens (tertiary/aromatic N) is 3. The first-order valence-electron chi connectivity index (χ1n) is 10.0. The number of ether oxygens (including phenoxy) is 2. The van der Waals surface area contributed by atoms with Gasteiger partial charge in [0.2, 0.25) is 5.95 Å². The summed E-state index contributed by atoms with van der Waals surface area (Å²) >= 11 is 0. The van der Waals surface area contributed by atoms with Gasteiger partial charge in [-0.2, -0.15) is 0 Å². The fourth-order valence-electron chi connectivity index (χ4n) is 3.45. The van der Waals surface area contributed by atoms with E-state index in [1.165, 1.54) is 5.56 Å². The number of rotatable bonds is 7. The Bertz CT molecular complexity index is 883. The first kappa shape index (κ1) is 20.9. The van der Waals surface area contributed by atoms with E-state index in [-0.39, 0.29) is 5.91 Å². The molecule has 1 aromatic heterocycles. The summed E-state index contributed by atoms with van der Waals surface area (Å²) in [4.78, 5) is 23.8. The fraction of sp³-hybridized carbons (Fsp3) is 0.500. The van der Waals surface area contributed by atoms with Gasteiger partial charge in [-0.15, -0.1) is 0 Å². The van der Waals surface area contributed by atoms with E-state index in [0.29, 0.717) is 36.4 Å². The predicted molar refractivity (Wildman–Crippen MR) is 113 cm³/mol. The second-order valence-corrected chi connectivity index (χ2v) is 7.78. The van der Waals surface area contributed by atoms with Gasteiger partial charge in [0, 0.05) is 25.3 Å². The third-order valence-electron chi connectivity index (χ3n) is 5.08. The normalized spacial score (nSPS) is 13.2. The maximum absolute atomic E-state index is 13.1. The lowest BCUT2D eigenvalue weighted by Crippen LogP contribution is -2.36. The molecule has 1 N–H and O–H groups in total. The molecule has 0 spiro atoms. The molecule has 1 aliphatic heterocycles. The van der Waals surface area contributed by atoms with E-state index in [0.717, 1.165) is 36.4 Å². The van der Waals surface area contributed by atoms with Crippen molar-refractivity contribution >= 4 is 11.9 Å². The van der Waals surface area contributed by atoms with Crippen LogP contribution in [0.5, 0.6) is 11.5 Å². The Labute approximate surface area is 172 Å². The molecule has 2 heterocycles. The zero-order valence-corrected chi connectivity index (χ0v) is 17.9. The summed E-state index contributed by atoms with van der Waals surface area (Å²) in [5, 5.41) is 3.24. The average molecular weight is 399 g/mol. The Morgan fingerprint density at radius 3 is 2.48 bits per heavy atom. The van der Waals surface area contributed by atoms with Gasteiger partial charge in [-0.3, -0.25) is 4.79 Å². The van der Waals surface area contributed by atoms with Crippen LogP contribution in [0.15, 0.2) is 18.2 Å². The monoisotopic (exact) mass is 398 g/mol. The third kappa shape index (κ3) is 4.96. The molecule has 0 atom stereocenters. The Balaban J connectivity index is 1.77. The van der Waals surface area contributed by atoms with Gasteiger partial charge < -0.3 is 19.7 Å². The molecule has 7 nitrogen and oxygen atoms in total. The third-order valence-corrected chi connectivity index (χ3v) is 5.08. The number of aryl methyl sites for hydroxylation is 1. The first-order valence-corrected chi connectivity index (χ1v) is 10.0. The maximum Gasteiger partial charge on any atom is 0.272 e. The molecule has 29 heavy (non-hydrogen) atoms. The number of anilines is 1. The summed E-state index contributed by atoms with van der Waals surface area (Å²) in [7, 11) is 3.25. The Kier molecular flexibility index (Phi) is 6.56. The summed E-state index contributed by atoms with van der Waals surface area (Å²) in [6.07, 6.45) is 1.79. The lowest BCUT2D eigenvalue weighted by atomic mass is 9.98. The van der Waals surface area contributed by atoms with Crippen molar-refractivity contribution in [1.82, 2.24) is 14.9 Å². The van der Waals surface area contributed by atoms with Crippen molar-refractivity contribution in [3.8, 4) is 11.5 Å². The van der Waals surface area contributed by atoms with Gasteiger partial charge in [-0.1, -0.05) is 13.8 Å². The molecule has 7 heteroatoms. The molecule has 0 unspecified atom stereocenters. The second kappa shape index (κ2) is 9.11. The summed E-state index contributed by atoms with van der Waals surface area (Å²) in [5.41, 5.74) is 3.46. The number of aromatic nitrogens is 2. The molecule has 0 radical (unpaired) electrons. The summed E-state index contributed by atoms with van der Waals surface area (Å²) < 4.78 is 10.8. The van der Waals surface area contributed by atoms with Gasteiger partial charge in [-0.25, -0.2) is 9.97 Å². The highest BCUT2D eigenvalue weighted by molar-refractivity contribution is 5.92. The zero-order valence-electron chi connectivity index (χ0n) is 17.9. The van der Waals surface area contributed by atoms with Crippen LogP contribution in [-0.4, -0.2) is 48.1 Å². The van der Waals surface area contributed by atoms with E-state index in [4.69, 9.17) is 9.47 Å². The molecule has 0 saturated heterocycles. The minimum absolute atomic E-state index is 0.0807. The van der Waals surface area contributed by atoms with Crippen molar-refractivity contribution in [3.05, 3.63) is 40.7 Å². The van der Waals surface area contributed by atoms with Crippen LogP contribution in [-0.2, 0) is 13.0 Å². The summed E-state index contributed by atoms with van der Waals surface area (Å²) in [6, 6.07) is 5.71. The van der Waals surface area contributed by atoms with E-state index < -0.39 is 0 Å². The number of carbonyl (C=O) groups is 1. The second-order valence-electron chi connectivity index (χ2n) is 7.78. The molecular formula is C22H30N4O3. The highest BCUT2D eigenvalue weighted by atomic mass is 16.5. The quantitative estimate of drug-likeness (QED) is 0.770. The smallest absolute Gasteiger partial charge is 0.272 e. The molecule has 1 amide bonds. The molecular weight excluding hydrogens is 368 g/mol. The number of hydrogen-bond acceptors (Lipinski definition) is 6. The number of methoxy groups -OCH3 is 2. The van der Waals surface area contributed by atoms with E-state index in [1.807, 2.05) is 24.0 Å². The van der Waals surface area contributed by atoms with Crippen molar-refractivity contribution in [2.75, 3.05) is 32.6 Å². The SMILES string of the molecule is COc1cc2c(cc1OC)CN(C(=O)c1cc(C)nc(NCCC(C)C)n1)CC2. The van der Waals surface area contributed by atoms with Crippen molar-refractivity contribution in [2.24, 2.45) is 5.92 Å². The Hall–Kier alpha value is -2.83. The molecule has 3 rings (SSSR count). The van der Waals surface area contributed by atoms with Gasteiger partial charge in [-0.05, 0) is 55.0 Å². The van der Waals surface area contributed by atoms with Gasteiger partial charge in [0.1, 0.15) is 5.69 Å². The van der Waals surface area contributed by atoms with Crippen LogP contribution in [0.1, 0.15) is 47.6 Å². The van der Waals surface area contributed by atoms with Crippen LogP contribution in [0.25, 0.3) is 0 Å². The number of fused-ring (bicyclic) bond motifs is 1. The molecule has 0 saturated carbocycles. The van der Waals surface area contributed by atoms with Crippen LogP contribution in [0.2, 0.25) is 0 Å². The highest BCUT2D eigenvalue weighted by Crippen LogP contribution is 2.33. The fourth-order valence-corrected chi connectivity index (χ4v) is 3.45. The van der Waals surface area contributed by atoms with E-state index in [1.54, 1.807) is 20.3 Å². The number of benzene rings is 1. The largest absolute Gasteiger partial charge is 0.493 e. The average Bonchev–Trinajstić information content (AvgIpc) is 2.71. The molecule has 0 bridgehead atoms. The number of hydrogen-bond donors (Lipinski definition) is 1. The molecule has 1 aliphatic rings. The minimum atomic E-state index is -0.0807. The topological polar surface area (TPSA) is 76.6 Å². The van der Waals surface area contributed by atoms with Gasteiger partial charge in [0.05, 0.1) is 14.2 Å². The molecule has 0 fully saturated rings. The molecule has 0 aliphatic carbocycles. The number of nitrogens with one attached hydrogen (secondary N) is 1. The van der Waals surface area contributed by atoms with Gasteiger partial charge in [0.25, 0.3) is 5.91 Å². The van der Waals surface area contributed by atoms with Crippen molar-refractivity contribution < 1.29 is 14.3 Å². The number of amides is 1. The molecule has 2 aromatic rings. The lowest BCUT2D eigenvalue weighted by Gasteiger charge is -2.29. The molecule has 1 aromatic carbocycles. The predicted octanol–water partition coefficient (Wildman–Crippen LogP) is 3.46. The first-order chi connectivity index (χ1) is 13.9. The maximum atomic E-state index is 13.1. The standard InChI is InChI=1S/C22H30N4O3/c1-14(2)6-8-23-22-24-15(3)10-18(25-22)21(27)26-9-7-16-11-19(28-4)20(29-5)12-17(16)13-26/h10-12,14H,6-9,13H2,1-5H3,(H,23,24,25). The lowest BCUT2D eigenvalue weighted by molar-refractivity contribution is 0.0728. The van der Waals surface area contributed by atoms with Crippen LogP contribution in [0.3, 0.4) is 0 Å². The number of carbonyl (C=O) groups excluding carboxylic acids is 1.